The van der Waals surface area contributed by atoms with Crippen LogP contribution in [-0.2, 0) is 6.42 Å². The predicted octanol–water partition coefficient (Wildman–Crippen LogP) is 3.37. The van der Waals surface area contributed by atoms with Gasteiger partial charge in [0.15, 0.2) is 0 Å². The number of nitrogens with zero attached hydrogens (tertiary/aromatic N) is 2. The second kappa shape index (κ2) is 5.25. The Bertz CT molecular complexity index is 538. The van der Waals surface area contributed by atoms with Crippen molar-refractivity contribution in [3.05, 3.63) is 42.3 Å². The van der Waals surface area contributed by atoms with Crippen molar-refractivity contribution in [2.45, 2.75) is 25.7 Å². The van der Waals surface area contributed by atoms with E-state index in [1.165, 1.54) is 32.4 Å². The molecule has 0 atom stereocenters. The van der Waals surface area contributed by atoms with Gasteiger partial charge in [0.2, 0.25) is 0 Å². The summed E-state index contributed by atoms with van der Waals surface area (Å²) in [7, 11) is 0. The topological polar surface area (TPSA) is 29.3 Å². The maximum Gasteiger partial charge on any atom is 0.148 e. The smallest absolute Gasteiger partial charge is 0.148 e. The third-order valence-electron chi connectivity index (χ3n) is 3.47. The zero-order valence-corrected chi connectivity index (χ0v) is 10.5. The fourth-order valence-electron chi connectivity index (χ4n) is 2.47. The molecule has 0 radical (unpaired) electrons. The largest absolute Gasteiger partial charge is 0.378 e. The molecule has 2 heterocycles. The number of fused-ring (bicyclic) bond motifs is 1. The Kier molecular flexibility index (Phi) is 3.31. The Hall–Kier alpha value is -1.77. The monoisotopic (exact) mass is 242 g/mol. The van der Waals surface area contributed by atoms with E-state index in [9.17, 15) is 0 Å². The highest BCUT2D eigenvalue weighted by atomic mass is 16.5. The van der Waals surface area contributed by atoms with Gasteiger partial charge in [0.25, 0.3) is 0 Å². The van der Waals surface area contributed by atoms with E-state index < -0.39 is 0 Å². The maximum absolute atomic E-state index is 5.38. The van der Waals surface area contributed by atoms with E-state index in [1.807, 2.05) is 18.2 Å². The van der Waals surface area contributed by atoms with E-state index in [0.29, 0.717) is 0 Å². The van der Waals surface area contributed by atoms with E-state index in [4.69, 9.17) is 4.52 Å². The summed E-state index contributed by atoms with van der Waals surface area (Å²) in [5.74, 6) is 0.957. The Labute approximate surface area is 107 Å². The van der Waals surface area contributed by atoms with Crippen molar-refractivity contribution in [2.24, 2.45) is 0 Å². The lowest BCUT2D eigenvalue weighted by atomic mass is 10.1. The van der Waals surface area contributed by atoms with Crippen molar-refractivity contribution < 1.29 is 4.52 Å². The quantitative estimate of drug-likeness (QED) is 0.826. The number of hydrogen-bond acceptors (Lipinski definition) is 3. The molecule has 1 aromatic carbocycles. The van der Waals surface area contributed by atoms with Crippen LogP contribution in [-0.4, -0.2) is 23.1 Å². The molecule has 0 bridgehead atoms. The zero-order chi connectivity index (χ0) is 12.2. The first-order chi connectivity index (χ1) is 8.93. The molecule has 0 amide bonds. The average molecular weight is 242 g/mol. The van der Waals surface area contributed by atoms with Gasteiger partial charge in [-0.15, -0.1) is 0 Å². The summed E-state index contributed by atoms with van der Waals surface area (Å²) >= 11 is 0. The summed E-state index contributed by atoms with van der Waals surface area (Å²) in [5.41, 5.74) is 0.943. The Morgan fingerprint density at radius 3 is 2.89 bits per heavy atom. The molecule has 0 saturated carbocycles. The average Bonchev–Trinajstić information content (AvgIpc) is 2.84. The first-order valence-electron chi connectivity index (χ1n) is 6.67. The second-order valence-electron chi connectivity index (χ2n) is 4.81. The van der Waals surface area contributed by atoms with Crippen LogP contribution < -0.4 is 0 Å². The van der Waals surface area contributed by atoms with Crippen molar-refractivity contribution in [1.29, 1.82) is 0 Å². The molecule has 0 spiro atoms. The lowest BCUT2D eigenvalue weighted by molar-refractivity contribution is 0.308. The molecule has 3 heteroatoms. The Balaban J connectivity index is 1.67. The summed E-state index contributed by atoms with van der Waals surface area (Å²) in [6, 6.07) is 8.06. The van der Waals surface area contributed by atoms with E-state index >= 15 is 0 Å². The molecular formula is C15H18N2O. The van der Waals surface area contributed by atoms with Crippen LogP contribution >= 0.6 is 0 Å². The van der Waals surface area contributed by atoms with Gasteiger partial charge in [-0.25, -0.2) is 0 Å². The van der Waals surface area contributed by atoms with Crippen LogP contribution in [0.5, 0.6) is 0 Å². The zero-order valence-electron chi connectivity index (χ0n) is 10.5. The van der Waals surface area contributed by atoms with Crippen LogP contribution in [0.1, 0.15) is 25.0 Å². The van der Waals surface area contributed by atoms with Crippen molar-refractivity contribution in [1.82, 2.24) is 10.1 Å². The third-order valence-corrected chi connectivity index (χ3v) is 3.47. The van der Waals surface area contributed by atoms with Gasteiger partial charge in [0.05, 0.1) is 0 Å². The molecule has 0 aliphatic carbocycles. The molecule has 3 rings (SSSR count). The van der Waals surface area contributed by atoms with Crippen LogP contribution in [0.4, 0.5) is 0 Å². The summed E-state index contributed by atoms with van der Waals surface area (Å²) in [4.78, 5) is 2.39. The maximum atomic E-state index is 5.38. The van der Waals surface area contributed by atoms with Crippen LogP contribution in [0.3, 0.4) is 0 Å². The highest BCUT2D eigenvalue weighted by molar-refractivity contribution is 5.80. The van der Waals surface area contributed by atoms with Crippen LogP contribution in [0, 0.1) is 0 Å². The van der Waals surface area contributed by atoms with E-state index in [-0.39, 0.29) is 0 Å². The summed E-state index contributed by atoms with van der Waals surface area (Å²) in [6.07, 6.45) is 9.20. The van der Waals surface area contributed by atoms with Crippen LogP contribution in [0.15, 0.2) is 41.1 Å². The molecule has 1 fully saturated rings. The number of aromatic nitrogens is 1. The van der Waals surface area contributed by atoms with E-state index in [1.54, 1.807) is 0 Å². The third kappa shape index (κ3) is 2.40. The van der Waals surface area contributed by atoms with Gasteiger partial charge in [-0.1, -0.05) is 23.4 Å². The van der Waals surface area contributed by atoms with Gasteiger partial charge in [0.1, 0.15) is 11.3 Å². The van der Waals surface area contributed by atoms with Gasteiger partial charge in [-0.2, -0.15) is 0 Å². The molecular weight excluding hydrogens is 224 g/mol. The minimum atomic E-state index is 0.816. The molecule has 1 saturated heterocycles. The van der Waals surface area contributed by atoms with Crippen molar-refractivity contribution in [2.75, 3.05) is 13.1 Å². The fourth-order valence-corrected chi connectivity index (χ4v) is 2.47. The van der Waals surface area contributed by atoms with E-state index in [0.717, 1.165) is 23.1 Å². The first-order valence-corrected chi connectivity index (χ1v) is 6.67. The number of likely N-dealkylation sites (tertiary alicyclic amines) is 1. The molecule has 1 aliphatic rings. The SMILES string of the molecule is C(=CN1CCCCC1)Cc1onc2ccccc12. The van der Waals surface area contributed by atoms with Gasteiger partial charge in [-0.3, -0.25) is 0 Å². The molecule has 1 aliphatic heterocycles. The van der Waals surface area contributed by atoms with Crippen LogP contribution in [0.2, 0.25) is 0 Å². The summed E-state index contributed by atoms with van der Waals surface area (Å²) in [6.45, 7) is 2.38. The lowest BCUT2D eigenvalue weighted by Gasteiger charge is -2.24. The van der Waals surface area contributed by atoms with Crippen molar-refractivity contribution in [3.8, 4) is 0 Å². The number of benzene rings is 1. The highest BCUT2D eigenvalue weighted by Gasteiger charge is 2.07. The minimum absolute atomic E-state index is 0.816. The standard InChI is InChI=1S/C15H18N2O/c1-4-10-17(11-5-1)12-6-9-15-13-7-2-3-8-14(13)16-18-15/h2-3,6-8,12H,1,4-5,9-11H2. The van der Waals surface area contributed by atoms with Crippen LogP contribution in [0.25, 0.3) is 10.9 Å². The number of allylic oxidation sites excluding steroid dienone is 1. The molecule has 0 N–H and O–H groups in total. The summed E-state index contributed by atoms with van der Waals surface area (Å²) in [5, 5.41) is 5.19. The normalized spacial score (nSPS) is 16.8. The van der Waals surface area contributed by atoms with Gasteiger partial charge in [-0.05, 0) is 37.6 Å². The van der Waals surface area contributed by atoms with Gasteiger partial charge in [0, 0.05) is 24.9 Å². The van der Waals surface area contributed by atoms with Gasteiger partial charge >= 0.3 is 0 Å². The number of hydrogen-bond donors (Lipinski definition) is 0. The first kappa shape index (κ1) is 11.3. The molecule has 94 valence electrons. The van der Waals surface area contributed by atoms with Gasteiger partial charge < -0.3 is 9.42 Å². The minimum Gasteiger partial charge on any atom is -0.378 e. The highest BCUT2D eigenvalue weighted by Crippen LogP contribution is 2.18. The Morgan fingerprint density at radius 2 is 2.00 bits per heavy atom. The lowest BCUT2D eigenvalue weighted by Crippen LogP contribution is -2.24. The molecule has 18 heavy (non-hydrogen) atoms. The summed E-state index contributed by atoms with van der Waals surface area (Å²) < 4.78 is 5.38. The number of rotatable bonds is 3. The molecule has 1 aromatic heterocycles. The molecule has 3 nitrogen and oxygen atoms in total. The fraction of sp³-hybridized carbons (Fsp3) is 0.400. The Morgan fingerprint density at radius 1 is 1.17 bits per heavy atom. The number of piperidine rings is 1. The predicted molar refractivity (Wildman–Crippen MR) is 72.3 cm³/mol. The molecule has 0 unspecified atom stereocenters. The van der Waals surface area contributed by atoms with Crippen molar-refractivity contribution in [3.63, 3.8) is 0 Å². The van der Waals surface area contributed by atoms with E-state index in [2.05, 4.69) is 28.4 Å². The van der Waals surface area contributed by atoms with Crippen molar-refractivity contribution >= 4 is 10.9 Å². The molecule has 2 aromatic rings. The second-order valence-corrected chi connectivity index (χ2v) is 4.81.